The van der Waals surface area contributed by atoms with Crippen molar-refractivity contribution in [2.75, 3.05) is 0 Å². The molecule has 0 N–H and O–H groups in total. The van der Waals surface area contributed by atoms with Gasteiger partial charge in [0.2, 0.25) is 0 Å². The van der Waals surface area contributed by atoms with Crippen LogP contribution >= 0.6 is 0 Å². The third-order valence-electron chi connectivity index (χ3n) is 2.73. The van der Waals surface area contributed by atoms with Gasteiger partial charge in [-0.3, -0.25) is 0 Å². The SMILES string of the molecule is N#Cc1ccc(F)c(COc2cccc(C(F)(F)F)c2)c1. The summed E-state index contributed by atoms with van der Waals surface area (Å²) in [5.74, 6) is -0.604. The Bertz CT molecular complexity index is 689. The average Bonchev–Trinajstić information content (AvgIpc) is 2.46. The van der Waals surface area contributed by atoms with Crippen molar-refractivity contribution in [2.45, 2.75) is 12.8 Å². The molecule has 2 aromatic rings. The lowest BCUT2D eigenvalue weighted by molar-refractivity contribution is -0.137. The Morgan fingerprint density at radius 2 is 1.86 bits per heavy atom. The number of halogens is 4. The monoisotopic (exact) mass is 295 g/mol. The van der Waals surface area contributed by atoms with E-state index in [2.05, 4.69) is 0 Å². The summed E-state index contributed by atoms with van der Waals surface area (Å²) < 4.78 is 56.3. The molecule has 0 amide bonds. The highest BCUT2D eigenvalue weighted by Gasteiger charge is 2.30. The lowest BCUT2D eigenvalue weighted by atomic mass is 10.1. The first-order chi connectivity index (χ1) is 9.90. The number of hydrogen-bond donors (Lipinski definition) is 0. The molecule has 2 rings (SSSR count). The van der Waals surface area contributed by atoms with Crippen molar-refractivity contribution in [2.24, 2.45) is 0 Å². The fraction of sp³-hybridized carbons (Fsp3) is 0.133. The van der Waals surface area contributed by atoms with Crippen molar-refractivity contribution in [1.82, 2.24) is 0 Å². The van der Waals surface area contributed by atoms with E-state index >= 15 is 0 Å². The highest BCUT2D eigenvalue weighted by molar-refractivity contribution is 5.34. The van der Waals surface area contributed by atoms with Crippen molar-refractivity contribution in [3.05, 3.63) is 65.0 Å². The van der Waals surface area contributed by atoms with E-state index in [1.54, 1.807) is 0 Å². The van der Waals surface area contributed by atoms with Crippen molar-refractivity contribution in [3.8, 4) is 11.8 Å². The Balaban J connectivity index is 2.16. The van der Waals surface area contributed by atoms with Gasteiger partial charge >= 0.3 is 6.18 Å². The molecule has 0 aromatic heterocycles. The number of nitriles is 1. The number of ether oxygens (including phenoxy) is 1. The Kier molecular flexibility index (Phi) is 4.13. The number of nitrogens with zero attached hydrogens (tertiary/aromatic N) is 1. The predicted molar refractivity (Wildman–Crippen MR) is 66.9 cm³/mol. The lowest BCUT2D eigenvalue weighted by Crippen LogP contribution is -2.05. The third-order valence-corrected chi connectivity index (χ3v) is 2.73. The highest BCUT2D eigenvalue weighted by atomic mass is 19.4. The van der Waals surface area contributed by atoms with Gasteiger partial charge in [0.15, 0.2) is 0 Å². The van der Waals surface area contributed by atoms with Gasteiger partial charge in [-0.1, -0.05) is 6.07 Å². The quantitative estimate of drug-likeness (QED) is 0.791. The highest BCUT2D eigenvalue weighted by Crippen LogP contribution is 2.31. The second kappa shape index (κ2) is 5.83. The summed E-state index contributed by atoms with van der Waals surface area (Å²) in [7, 11) is 0. The van der Waals surface area contributed by atoms with Gasteiger partial charge in [0.25, 0.3) is 0 Å². The zero-order valence-corrected chi connectivity index (χ0v) is 10.6. The van der Waals surface area contributed by atoms with Crippen LogP contribution in [0.1, 0.15) is 16.7 Å². The molecule has 2 nitrogen and oxygen atoms in total. The Hall–Kier alpha value is -2.55. The Morgan fingerprint density at radius 1 is 1.10 bits per heavy atom. The van der Waals surface area contributed by atoms with Crippen LogP contribution in [0.5, 0.6) is 5.75 Å². The largest absolute Gasteiger partial charge is 0.489 e. The lowest BCUT2D eigenvalue weighted by Gasteiger charge is -2.10. The first kappa shape index (κ1) is 14.9. The summed E-state index contributed by atoms with van der Waals surface area (Å²) in [6.07, 6.45) is -4.47. The molecule has 0 saturated heterocycles. The minimum atomic E-state index is -4.47. The van der Waals surface area contributed by atoms with E-state index in [0.29, 0.717) is 0 Å². The van der Waals surface area contributed by atoms with Crippen LogP contribution in [0.2, 0.25) is 0 Å². The van der Waals surface area contributed by atoms with Crippen molar-refractivity contribution < 1.29 is 22.3 Å². The molecule has 0 radical (unpaired) electrons. The second-order valence-corrected chi connectivity index (χ2v) is 4.23. The summed E-state index contributed by atoms with van der Waals surface area (Å²) in [5.41, 5.74) is -0.489. The number of benzene rings is 2. The summed E-state index contributed by atoms with van der Waals surface area (Å²) in [6, 6.07) is 9.89. The standard InChI is InChI=1S/C15H9F4NO/c16-14-5-4-10(8-20)6-11(14)9-21-13-3-1-2-12(7-13)15(17,18)19/h1-7H,9H2. The van der Waals surface area contributed by atoms with Crippen LogP contribution in [0.4, 0.5) is 17.6 Å². The molecule has 0 bridgehead atoms. The van der Waals surface area contributed by atoms with E-state index in [9.17, 15) is 17.6 Å². The van der Waals surface area contributed by atoms with Gasteiger partial charge in [0.05, 0.1) is 17.2 Å². The van der Waals surface area contributed by atoms with Crippen LogP contribution in [0.3, 0.4) is 0 Å². The minimum absolute atomic E-state index is 0.0217. The first-order valence-electron chi connectivity index (χ1n) is 5.89. The maximum absolute atomic E-state index is 13.5. The molecule has 0 spiro atoms. The molecular weight excluding hydrogens is 286 g/mol. The molecule has 0 heterocycles. The smallest absolute Gasteiger partial charge is 0.416 e. The number of hydrogen-bond acceptors (Lipinski definition) is 2. The van der Waals surface area contributed by atoms with E-state index in [4.69, 9.17) is 10.00 Å². The van der Waals surface area contributed by atoms with Gasteiger partial charge in [-0.05, 0) is 36.4 Å². The topological polar surface area (TPSA) is 33.0 Å². The summed E-state index contributed by atoms with van der Waals surface area (Å²) >= 11 is 0. The molecule has 108 valence electrons. The molecule has 0 aliphatic rings. The molecule has 0 atom stereocenters. The molecule has 0 aliphatic carbocycles. The zero-order valence-electron chi connectivity index (χ0n) is 10.6. The molecule has 0 unspecified atom stereocenters. The zero-order chi connectivity index (χ0) is 15.5. The molecule has 0 saturated carbocycles. The number of alkyl halides is 3. The van der Waals surface area contributed by atoms with Gasteiger partial charge in [-0.25, -0.2) is 4.39 Å². The fourth-order valence-electron chi connectivity index (χ4n) is 1.68. The molecule has 6 heteroatoms. The van der Waals surface area contributed by atoms with E-state index in [1.807, 2.05) is 6.07 Å². The van der Waals surface area contributed by atoms with Crippen LogP contribution in [-0.2, 0) is 12.8 Å². The predicted octanol–water partition coefficient (Wildman–Crippen LogP) is 4.30. The van der Waals surface area contributed by atoms with E-state index in [-0.39, 0.29) is 23.5 Å². The van der Waals surface area contributed by atoms with Crippen LogP contribution in [0, 0.1) is 17.1 Å². The molecule has 21 heavy (non-hydrogen) atoms. The van der Waals surface area contributed by atoms with Gasteiger partial charge in [0.1, 0.15) is 18.2 Å². The van der Waals surface area contributed by atoms with Crippen LogP contribution in [-0.4, -0.2) is 0 Å². The van der Waals surface area contributed by atoms with Gasteiger partial charge < -0.3 is 4.74 Å². The van der Waals surface area contributed by atoms with Crippen LogP contribution in [0.15, 0.2) is 42.5 Å². The summed E-state index contributed by atoms with van der Waals surface area (Å²) in [4.78, 5) is 0. The van der Waals surface area contributed by atoms with E-state index < -0.39 is 17.6 Å². The Labute approximate surface area is 118 Å². The van der Waals surface area contributed by atoms with Gasteiger partial charge in [0, 0.05) is 5.56 Å². The third kappa shape index (κ3) is 3.72. The molecule has 0 aliphatic heterocycles. The second-order valence-electron chi connectivity index (χ2n) is 4.23. The molecule has 0 fully saturated rings. The van der Waals surface area contributed by atoms with Crippen molar-refractivity contribution in [1.29, 1.82) is 5.26 Å². The molecule has 2 aromatic carbocycles. The maximum atomic E-state index is 13.5. The normalized spacial score (nSPS) is 11.0. The van der Waals surface area contributed by atoms with Gasteiger partial charge in [-0.2, -0.15) is 18.4 Å². The summed E-state index contributed by atoms with van der Waals surface area (Å²) in [5, 5.41) is 8.73. The minimum Gasteiger partial charge on any atom is -0.489 e. The molecular formula is C15H9F4NO. The van der Waals surface area contributed by atoms with Crippen molar-refractivity contribution >= 4 is 0 Å². The Morgan fingerprint density at radius 3 is 2.52 bits per heavy atom. The maximum Gasteiger partial charge on any atom is 0.416 e. The first-order valence-corrected chi connectivity index (χ1v) is 5.89. The van der Waals surface area contributed by atoms with Crippen molar-refractivity contribution in [3.63, 3.8) is 0 Å². The van der Waals surface area contributed by atoms with Crippen LogP contribution in [0.25, 0.3) is 0 Å². The number of rotatable bonds is 3. The van der Waals surface area contributed by atoms with Gasteiger partial charge in [-0.15, -0.1) is 0 Å². The van der Waals surface area contributed by atoms with Crippen LogP contribution < -0.4 is 4.74 Å². The van der Waals surface area contributed by atoms with E-state index in [1.165, 1.54) is 24.3 Å². The average molecular weight is 295 g/mol. The fourth-order valence-corrected chi connectivity index (χ4v) is 1.68. The summed E-state index contributed by atoms with van der Waals surface area (Å²) in [6.45, 7) is -0.261. The van der Waals surface area contributed by atoms with E-state index in [0.717, 1.165) is 18.2 Å².